The molecule has 0 spiro atoms. The summed E-state index contributed by atoms with van der Waals surface area (Å²) >= 11 is 5.68. The first-order valence-corrected chi connectivity index (χ1v) is 6.56. The Morgan fingerprint density at radius 1 is 1.50 bits per heavy atom. The third-order valence-electron chi connectivity index (χ3n) is 3.66. The van der Waals surface area contributed by atoms with Crippen LogP contribution in [-0.4, -0.2) is 30.6 Å². The van der Waals surface area contributed by atoms with Gasteiger partial charge in [-0.05, 0) is 32.9 Å². The number of piperidine rings is 1. The van der Waals surface area contributed by atoms with Gasteiger partial charge in [-0.15, -0.1) is 0 Å². The summed E-state index contributed by atoms with van der Waals surface area (Å²) in [6.45, 7) is 3.23. The number of likely N-dealkylation sites (tertiary alicyclic amines) is 1. The number of halogens is 2. The highest BCUT2D eigenvalue weighted by atomic mass is 35.5. The van der Waals surface area contributed by atoms with Crippen LogP contribution in [0.4, 0.5) is 15.8 Å². The molecule has 0 radical (unpaired) electrons. The highest BCUT2D eigenvalue weighted by Crippen LogP contribution is 2.28. The largest absolute Gasteiger partial charge is 0.397 e. The molecule has 0 aromatic heterocycles. The normalized spacial score (nSPS) is 25.1. The van der Waals surface area contributed by atoms with Gasteiger partial charge in [0.25, 0.3) is 0 Å². The molecule has 1 heterocycles. The number of hydrogen-bond donors (Lipinski definition) is 2. The van der Waals surface area contributed by atoms with E-state index in [-0.39, 0.29) is 5.02 Å². The SMILES string of the molecule is CC1CC(Nc2cc(F)c(Cl)cc2N)CCN1C. The number of nitrogens with two attached hydrogens (primary N) is 1. The van der Waals surface area contributed by atoms with Crippen molar-refractivity contribution < 1.29 is 4.39 Å². The summed E-state index contributed by atoms with van der Waals surface area (Å²) in [5, 5.41) is 3.38. The van der Waals surface area contributed by atoms with E-state index in [0.717, 1.165) is 19.4 Å². The fraction of sp³-hybridized carbons (Fsp3) is 0.538. The van der Waals surface area contributed by atoms with E-state index in [2.05, 4.69) is 24.2 Å². The van der Waals surface area contributed by atoms with Gasteiger partial charge < -0.3 is 16.0 Å². The minimum absolute atomic E-state index is 0.0646. The van der Waals surface area contributed by atoms with Crippen LogP contribution >= 0.6 is 11.6 Å². The number of nitrogens with one attached hydrogen (secondary N) is 1. The van der Waals surface area contributed by atoms with E-state index in [0.29, 0.717) is 23.5 Å². The fourth-order valence-electron chi connectivity index (χ4n) is 2.33. The Morgan fingerprint density at radius 3 is 2.89 bits per heavy atom. The van der Waals surface area contributed by atoms with Crippen molar-refractivity contribution in [1.29, 1.82) is 0 Å². The highest BCUT2D eigenvalue weighted by molar-refractivity contribution is 6.31. The molecule has 0 bridgehead atoms. The molecule has 3 nitrogen and oxygen atoms in total. The maximum Gasteiger partial charge on any atom is 0.143 e. The Hall–Kier alpha value is -1.00. The number of benzene rings is 1. The summed E-state index contributed by atoms with van der Waals surface area (Å²) in [6.07, 6.45) is 2.06. The number of anilines is 2. The molecule has 100 valence electrons. The van der Waals surface area contributed by atoms with Crippen LogP contribution in [-0.2, 0) is 0 Å². The molecule has 2 unspecified atom stereocenters. The van der Waals surface area contributed by atoms with Crippen LogP contribution in [0.25, 0.3) is 0 Å². The Bertz CT molecular complexity index is 438. The van der Waals surface area contributed by atoms with Crippen LogP contribution in [0, 0.1) is 5.82 Å². The summed E-state index contributed by atoms with van der Waals surface area (Å²) < 4.78 is 13.4. The zero-order chi connectivity index (χ0) is 13.3. The first-order chi connectivity index (χ1) is 8.47. The smallest absolute Gasteiger partial charge is 0.143 e. The average molecular weight is 272 g/mol. The second-order valence-corrected chi connectivity index (χ2v) is 5.46. The molecule has 1 aliphatic rings. The van der Waals surface area contributed by atoms with E-state index < -0.39 is 5.82 Å². The van der Waals surface area contributed by atoms with Crippen molar-refractivity contribution in [2.45, 2.75) is 31.8 Å². The molecule has 1 fully saturated rings. The van der Waals surface area contributed by atoms with Crippen molar-refractivity contribution in [3.63, 3.8) is 0 Å². The standard InChI is InChI=1S/C13H19ClFN3/c1-8-5-9(3-4-18(8)2)17-13-7-11(15)10(14)6-12(13)16/h6-9,17H,3-5,16H2,1-2H3. The van der Waals surface area contributed by atoms with E-state index in [1.165, 1.54) is 12.1 Å². The Labute approximate surface area is 112 Å². The van der Waals surface area contributed by atoms with Crippen molar-refractivity contribution in [2.24, 2.45) is 0 Å². The lowest BCUT2D eigenvalue weighted by molar-refractivity contribution is 0.190. The van der Waals surface area contributed by atoms with Gasteiger partial charge in [0.1, 0.15) is 5.82 Å². The minimum Gasteiger partial charge on any atom is -0.397 e. The van der Waals surface area contributed by atoms with Crippen LogP contribution < -0.4 is 11.1 Å². The summed E-state index contributed by atoms with van der Waals surface area (Å²) in [6, 6.07) is 3.69. The summed E-state index contributed by atoms with van der Waals surface area (Å²) in [4.78, 5) is 2.32. The predicted molar refractivity (Wildman–Crippen MR) is 74.6 cm³/mol. The molecule has 0 amide bonds. The van der Waals surface area contributed by atoms with Gasteiger partial charge >= 0.3 is 0 Å². The van der Waals surface area contributed by atoms with Crippen molar-refractivity contribution in [2.75, 3.05) is 24.6 Å². The van der Waals surface area contributed by atoms with E-state index >= 15 is 0 Å². The van der Waals surface area contributed by atoms with Crippen molar-refractivity contribution in [3.05, 3.63) is 23.0 Å². The number of hydrogen-bond acceptors (Lipinski definition) is 3. The lowest BCUT2D eigenvalue weighted by Crippen LogP contribution is -2.42. The summed E-state index contributed by atoms with van der Waals surface area (Å²) in [7, 11) is 2.12. The molecule has 1 aromatic rings. The summed E-state index contributed by atoms with van der Waals surface area (Å²) in [5.74, 6) is -0.436. The van der Waals surface area contributed by atoms with E-state index in [1.807, 2.05) is 0 Å². The molecule has 3 N–H and O–H groups in total. The lowest BCUT2D eigenvalue weighted by Gasteiger charge is -2.36. The monoisotopic (exact) mass is 271 g/mol. The van der Waals surface area contributed by atoms with Crippen LogP contribution in [0.1, 0.15) is 19.8 Å². The topological polar surface area (TPSA) is 41.3 Å². The lowest BCUT2D eigenvalue weighted by atomic mass is 9.98. The van der Waals surface area contributed by atoms with E-state index in [4.69, 9.17) is 17.3 Å². The molecule has 1 aliphatic heterocycles. The molecule has 0 aliphatic carbocycles. The van der Waals surface area contributed by atoms with Crippen molar-refractivity contribution in [1.82, 2.24) is 4.90 Å². The quantitative estimate of drug-likeness (QED) is 0.813. The van der Waals surface area contributed by atoms with Gasteiger partial charge in [-0.3, -0.25) is 0 Å². The molecular weight excluding hydrogens is 253 g/mol. The van der Waals surface area contributed by atoms with E-state index in [9.17, 15) is 4.39 Å². The molecule has 1 aromatic carbocycles. The maximum atomic E-state index is 13.4. The minimum atomic E-state index is -0.436. The Kier molecular flexibility index (Phi) is 3.97. The van der Waals surface area contributed by atoms with Gasteiger partial charge in [0.05, 0.1) is 16.4 Å². The molecular formula is C13H19ClFN3. The first-order valence-electron chi connectivity index (χ1n) is 6.18. The Morgan fingerprint density at radius 2 is 2.22 bits per heavy atom. The van der Waals surface area contributed by atoms with Gasteiger partial charge in [-0.2, -0.15) is 0 Å². The third-order valence-corrected chi connectivity index (χ3v) is 3.95. The number of rotatable bonds is 2. The van der Waals surface area contributed by atoms with Crippen LogP contribution in [0.2, 0.25) is 5.02 Å². The van der Waals surface area contributed by atoms with Gasteiger partial charge in [0.2, 0.25) is 0 Å². The van der Waals surface area contributed by atoms with Gasteiger partial charge in [0, 0.05) is 24.7 Å². The summed E-state index contributed by atoms with van der Waals surface area (Å²) in [5.41, 5.74) is 6.98. The predicted octanol–water partition coefficient (Wildman–Crippen LogP) is 2.96. The first kappa shape index (κ1) is 13.4. The average Bonchev–Trinajstić information content (AvgIpc) is 2.31. The maximum absolute atomic E-state index is 13.4. The second kappa shape index (κ2) is 5.33. The van der Waals surface area contributed by atoms with Crippen LogP contribution in [0.5, 0.6) is 0 Å². The molecule has 1 saturated heterocycles. The van der Waals surface area contributed by atoms with Crippen LogP contribution in [0.3, 0.4) is 0 Å². The molecule has 18 heavy (non-hydrogen) atoms. The zero-order valence-electron chi connectivity index (χ0n) is 10.7. The number of nitrogen functional groups attached to an aromatic ring is 1. The van der Waals surface area contributed by atoms with Gasteiger partial charge in [0.15, 0.2) is 0 Å². The van der Waals surface area contributed by atoms with E-state index in [1.54, 1.807) is 0 Å². The van der Waals surface area contributed by atoms with Crippen molar-refractivity contribution >= 4 is 23.0 Å². The fourth-order valence-corrected chi connectivity index (χ4v) is 2.50. The molecule has 5 heteroatoms. The second-order valence-electron chi connectivity index (χ2n) is 5.05. The third kappa shape index (κ3) is 2.87. The van der Waals surface area contributed by atoms with Crippen molar-refractivity contribution in [3.8, 4) is 0 Å². The van der Waals surface area contributed by atoms with Gasteiger partial charge in [-0.1, -0.05) is 11.6 Å². The van der Waals surface area contributed by atoms with Gasteiger partial charge in [-0.25, -0.2) is 4.39 Å². The van der Waals surface area contributed by atoms with Crippen LogP contribution in [0.15, 0.2) is 12.1 Å². The molecule has 2 atom stereocenters. The zero-order valence-corrected chi connectivity index (χ0v) is 11.5. The highest BCUT2D eigenvalue weighted by Gasteiger charge is 2.23. The Balaban J connectivity index is 2.08. The number of nitrogens with zero attached hydrogens (tertiary/aromatic N) is 1. The molecule has 0 saturated carbocycles. The molecule has 2 rings (SSSR count).